The zero-order chi connectivity index (χ0) is 10.0. The lowest BCUT2D eigenvalue weighted by Crippen LogP contribution is -2.25. The van der Waals surface area contributed by atoms with Crippen LogP contribution in [0.5, 0.6) is 0 Å². The molecule has 0 bridgehead atoms. The highest BCUT2D eigenvalue weighted by atomic mass is 32.1. The Morgan fingerprint density at radius 3 is 2.62 bits per heavy atom. The first-order valence-electron chi connectivity index (χ1n) is 4.35. The zero-order valence-corrected chi connectivity index (χ0v) is 9.35. The molecular formula is C8H16N4S. The van der Waals surface area contributed by atoms with Gasteiger partial charge in [0.15, 0.2) is 4.77 Å². The Balaban J connectivity index is 2.83. The number of nitrogens with zero attached hydrogens (tertiary/aromatic N) is 3. The van der Waals surface area contributed by atoms with Crippen LogP contribution in [0, 0.1) is 10.7 Å². The maximum atomic E-state index is 5.03. The predicted octanol–water partition coefficient (Wildman–Crippen LogP) is 1.57. The summed E-state index contributed by atoms with van der Waals surface area (Å²) in [5, 5.41) is 6.91. The van der Waals surface area contributed by atoms with Gasteiger partial charge in [0, 0.05) is 20.6 Å². The first-order chi connectivity index (χ1) is 6.02. The van der Waals surface area contributed by atoms with E-state index in [0.717, 1.165) is 12.5 Å². The van der Waals surface area contributed by atoms with Crippen LogP contribution >= 0.6 is 12.2 Å². The van der Waals surface area contributed by atoms with Crippen LogP contribution in [0.4, 0.5) is 5.95 Å². The smallest absolute Gasteiger partial charge is 0.225 e. The van der Waals surface area contributed by atoms with E-state index in [1.54, 1.807) is 0 Å². The van der Waals surface area contributed by atoms with Gasteiger partial charge in [0.05, 0.1) is 0 Å². The summed E-state index contributed by atoms with van der Waals surface area (Å²) < 4.78 is 2.53. The molecule has 0 aliphatic carbocycles. The van der Waals surface area contributed by atoms with Crippen LogP contribution in [0.3, 0.4) is 0 Å². The highest BCUT2D eigenvalue weighted by Gasteiger charge is 2.08. The van der Waals surface area contributed by atoms with Crippen LogP contribution in [0.25, 0.3) is 0 Å². The molecule has 0 atom stereocenters. The fourth-order valence-electron chi connectivity index (χ4n) is 1.31. The molecule has 0 fully saturated rings. The van der Waals surface area contributed by atoms with Crippen molar-refractivity contribution in [2.75, 3.05) is 18.5 Å². The van der Waals surface area contributed by atoms with Crippen molar-refractivity contribution in [3.63, 3.8) is 0 Å². The molecule has 4 nitrogen and oxygen atoms in total. The van der Waals surface area contributed by atoms with Crippen molar-refractivity contribution < 1.29 is 0 Å². The van der Waals surface area contributed by atoms with Crippen molar-refractivity contribution in [1.29, 1.82) is 0 Å². The van der Waals surface area contributed by atoms with Crippen molar-refractivity contribution in [3.8, 4) is 0 Å². The Hall–Kier alpha value is -0.840. The molecular weight excluding hydrogens is 184 g/mol. The van der Waals surface area contributed by atoms with E-state index in [0.29, 0.717) is 10.7 Å². The number of aromatic nitrogens is 3. The van der Waals surface area contributed by atoms with Gasteiger partial charge in [-0.3, -0.25) is 4.57 Å². The molecule has 0 aliphatic rings. The van der Waals surface area contributed by atoms with Crippen LogP contribution in [0.2, 0.25) is 0 Å². The lowest BCUT2D eigenvalue weighted by molar-refractivity contribution is 0.623. The standard InChI is InChI=1S/C8H16N4S/c1-6(2)5-11(3)7-9-10-8(13)12(7)4/h6H,5H2,1-4H3,(H,10,13). The third kappa shape index (κ3) is 2.30. The van der Waals surface area contributed by atoms with Gasteiger partial charge in [0.1, 0.15) is 0 Å². The van der Waals surface area contributed by atoms with Gasteiger partial charge >= 0.3 is 0 Å². The lowest BCUT2D eigenvalue weighted by atomic mass is 10.2. The van der Waals surface area contributed by atoms with Gasteiger partial charge in [0.25, 0.3) is 0 Å². The molecule has 0 aliphatic heterocycles. The molecule has 1 heterocycles. The van der Waals surface area contributed by atoms with E-state index in [-0.39, 0.29) is 0 Å². The van der Waals surface area contributed by atoms with Crippen LogP contribution in [-0.2, 0) is 7.05 Å². The number of anilines is 1. The number of rotatable bonds is 3. The van der Waals surface area contributed by atoms with Gasteiger partial charge in [-0.2, -0.15) is 0 Å². The first-order valence-corrected chi connectivity index (χ1v) is 4.75. The van der Waals surface area contributed by atoms with Gasteiger partial charge in [0.2, 0.25) is 5.95 Å². The van der Waals surface area contributed by atoms with E-state index >= 15 is 0 Å². The fourth-order valence-corrected chi connectivity index (χ4v) is 1.44. The summed E-state index contributed by atoms with van der Waals surface area (Å²) in [5.74, 6) is 1.51. The Labute approximate surface area is 83.6 Å². The number of H-pyrrole nitrogens is 1. The minimum Gasteiger partial charge on any atom is -0.344 e. The van der Waals surface area contributed by atoms with Crippen LogP contribution in [-0.4, -0.2) is 28.4 Å². The minimum absolute atomic E-state index is 0.621. The second kappa shape index (κ2) is 3.91. The third-order valence-corrected chi connectivity index (χ3v) is 2.20. The molecule has 0 unspecified atom stereocenters. The SMILES string of the molecule is CC(C)CN(C)c1n[nH]c(=S)n1C. The summed E-state index contributed by atoms with van der Waals surface area (Å²) in [6.45, 7) is 5.34. The van der Waals surface area contributed by atoms with E-state index in [1.807, 2.05) is 18.7 Å². The van der Waals surface area contributed by atoms with Crippen LogP contribution < -0.4 is 4.90 Å². The maximum Gasteiger partial charge on any atom is 0.225 e. The van der Waals surface area contributed by atoms with Crippen molar-refractivity contribution in [3.05, 3.63) is 4.77 Å². The quantitative estimate of drug-likeness (QED) is 0.752. The molecule has 0 amide bonds. The Morgan fingerprint density at radius 1 is 1.62 bits per heavy atom. The molecule has 1 aromatic heterocycles. The van der Waals surface area contributed by atoms with Crippen molar-refractivity contribution in [1.82, 2.24) is 14.8 Å². The molecule has 0 saturated heterocycles. The van der Waals surface area contributed by atoms with E-state index in [1.165, 1.54) is 0 Å². The largest absolute Gasteiger partial charge is 0.344 e. The van der Waals surface area contributed by atoms with Crippen molar-refractivity contribution in [2.45, 2.75) is 13.8 Å². The molecule has 1 N–H and O–H groups in total. The topological polar surface area (TPSA) is 36.9 Å². The molecule has 1 rings (SSSR count). The highest BCUT2D eigenvalue weighted by molar-refractivity contribution is 7.71. The molecule has 1 aromatic rings. The van der Waals surface area contributed by atoms with Gasteiger partial charge < -0.3 is 4.90 Å². The average Bonchev–Trinajstić information content (AvgIpc) is 2.31. The molecule has 74 valence electrons. The average molecular weight is 200 g/mol. The van der Waals surface area contributed by atoms with E-state index < -0.39 is 0 Å². The second-order valence-corrected chi connectivity index (χ2v) is 4.05. The van der Waals surface area contributed by atoms with E-state index in [2.05, 4.69) is 28.9 Å². The summed E-state index contributed by atoms with van der Waals surface area (Å²) in [7, 11) is 3.93. The molecule has 0 radical (unpaired) electrons. The fraction of sp³-hybridized carbons (Fsp3) is 0.750. The monoisotopic (exact) mass is 200 g/mol. The van der Waals surface area contributed by atoms with Crippen LogP contribution in [0.1, 0.15) is 13.8 Å². The Bertz CT molecular complexity index is 325. The molecule has 13 heavy (non-hydrogen) atoms. The van der Waals surface area contributed by atoms with Crippen molar-refractivity contribution in [2.24, 2.45) is 13.0 Å². The summed E-state index contributed by atoms with van der Waals surface area (Å²) >= 11 is 5.03. The van der Waals surface area contributed by atoms with Crippen LogP contribution in [0.15, 0.2) is 0 Å². The first kappa shape index (κ1) is 10.2. The highest BCUT2D eigenvalue weighted by Crippen LogP contribution is 2.08. The summed E-state index contributed by atoms with van der Waals surface area (Å²) in [5.41, 5.74) is 0. The number of nitrogens with one attached hydrogen (secondary N) is 1. The lowest BCUT2D eigenvalue weighted by Gasteiger charge is -2.19. The van der Waals surface area contributed by atoms with Gasteiger partial charge in [-0.1, -0.05) is 13.8 Å². The molecule has 0 spiro atoms. The third-order valence-electron chi connectivity index (χ3n) is 1.84. The van der Waals surface area contributed by atoms with Gasteiger partial charge in [-0.05, 0) is 18.1 Å². The Morgan fingerprint density at radius 2 is 2.23 bits per heavy atom. The van der Waals surface area contributed by atoms with Crippen molar-refractivity contribution >= 4 is 18.2 Å². The van der Waals surface area contributed by atoms with Gasteiger partial charge in [-0.25, -0.2) is 5.10 Å². The summed E-state index contributed by atoms with van der Waals surface area (Å²) in [6.07, 6.45) is 0. The predicted molar refractivity (Wildman–Crippen MR) is 56.5 cm³/mol. The molecule has 0 aromatic carbocycles. The number of aromatic amines is 1. The maximum absolute atomic E-state index is 5.03. The number of hydrogen-bond acceptors (Lipinski definition) is 3. The summed E-state index contributed by atoms with van der Waals surface area (Å²) in [4.78, 5) is 2.09. The summed E-state index contributed by atoms with van der Waals surface area (Å²) in [6, 6.07) is 0. The van der Waals surface area contributed by atoms with E-state index in [9.17, 15) is 0 Å². The Kier molecular flexibility index (Phi) is 3.08. The molecule has 5 heteroatoms. The van der Waals surface area contributed by atoms with E-state index in [4.69, 9.17) is 12.2 Å². The van der Waals surface area contributed by atoms with Gasteiger partial charge in [-0.15, -0.1) is 5.10 Å². The normalized spacial score (nSPS) is 10.8. The minimum atomic E-state index is 0.621. The molecule has 0 saturated carbocycles. The second-order valence-electron chi connectivity index (χ2n) is 3.66. The zero-order valence-electron chi connectivity index (χ0n) is 8.53. The number of hydrogen-bond donors (Lipinski definition) is 1.